The van der Waals surface area contributed by atoms with Crippen molar-refractivity contribution in [1.29, 1.82) is 0 Å². The molecule has 0 unspecified atom stereocenters. The summed E-state index contributed by atoms with van der Waals surface area (Å²) in [6, 6.07) is 8.08. The Morgan fingerprint density at radius 1 is 1.19 bits per heavy atom. The van der Waals surface area contributed by atoms with Gasteiger partial charge in [0.15, 0.2) is 0 Å². The third-order valence-electron chi connectivity index (χ3n) is 3.31. The molecular formula is C16H17N3OS. The molecule has 0 aliphatic carbocycles. The van der Waals surface area contributed by atoms with E-state index in [-0.39, 0.29) is 0 Å². The minimum absolute atomic E-state index is 0.860. The second kappa shape index (κ2) is 6.10. The summed E-state index contributed by atoms with van der Waals surface area (Å²) in [5.41, 5.74) is 2.31. The molecule has 2 aromatic heterocycles. The quantitative estimate of drug-likeness (QED) is 0.767. The van der Waals surface area contributed by atoms with Crippen LogP contribution < -0.4 is 10.1 Å². The van der Waals surface area contributed by atoms with Crippen molar-refractivity contribution in [3.63, 3.8) is 0 Å². The van der Waals surface area contributed by atoms with Crippen molar-refractivity contribution in [2.45, 2.75) is 13.3 Å². The van der Waals surface area contributed by atoms with Gasteiger partial charge in [0.2, 0.25) is 0 Å². The van der Waals surface area contributed by atoms with Gasteiger partial charge in [-0.25, -0.2) is 9.97 Å². The average Bonchev–Trinajstić information content (AvgIpc) is 2.97. The van der Waals surface area contributed by atoms with Gasteiger partial charge in [0.25, 0.3) is 0 Å². The fraction of sp³-hybridized carbons (Fsp3) is 0.250. The molecule has 3 rings (SSSR count). The van der Waals surface area contributed by atoms with Crippen LogP contribution in [0.15, 0.2) is 36.0 Å². The molecule has 2 heterocycles. The number of hydrogen-bond acceptors (Lipinski definition) is 5. The van der Waals surface area contributed by atoms with Crippen molar-refractivity contribution in [2.24, 2.45) is 0 Å². The van der Waals surface area contributed by atoms with Gasteiger partial charge in [0, 0.05) is 17.5 Å². The molecule has 0 bridgehead atoms. The standard InChI is InChI=1S/C16H17N3OS/c1-3-8-17-15-14-13(9-21-16(14)19-10-18-15)11-4-6-12(20-2)7-5-11/h4-7,9-10H,3,8H2,1-2H3,(H,17,18,19). The van der Waals surface area contributed by atoms with E-state index >= 15 is 0 Å². The molecule has 1 N–H and O–H groups in total. The molecule has 0 aliphatic heterocycles. The maximum atomic E-state index is 5.22. The molecule has 1 aromatic carbocycles. The zero-order valence-corrected chi connectivity index (χ0v) is 12.9. The fourth-order valence-corrected chi connectivity index (χ4v) is 3.15. The molecule has 0 saturated carbocycles. The van der Waals surface area contributed by atoms with Crippen molar-refractivity contribution in [3.05, 3.63) is 36.0 Å². The molecule has 5 heteroatoms. The van der Waals surface area contributed by atoms with E-state index in [1.807, 2.05) is 12.1 Å². The SMILES string of the molecule is CCCNc1ncnc2scc(-c3ccc(OC)cc3)c12. The molecule has 108 valence electrons. The van der Waals surface area contributed by atoms with Gasteiger partial charge in [-0.3, -0.25) is 0 Å². The van der Waals surface area contributed by atoms with E-state index in [0.29, 0.717) is 0 Å². The van der Waals surface area contributed by atoms with E-state index in [4.69, 9.17) is 4.74 Å². The van der Waals surface area contributed by atoms with Gasteiger partial charge in [-0.05, 0) is 24.1 Å². The van der Waals surface area contributed by atoms with Crippen LogP contribution >= 0.6 is 11.3 Å². The maximum Gasteiger partial charge on any atom is 0.138 e. The van der Waals surface area contributed by atoms with Crippen LogP contribution in [0.5, 0.6) is 5.75 Å². The van der Waals surface area contributed by atoms with Gasteiger partial charge in [-0.1, -0.05) is 19.1 Å². The van der Waals surface area contributed by atoms with Crippen molar-refractivity contribution < 1.29 is 4.74 Å². The Balaban J connectivity index is 2.08. The van der Waals surface area contributed by atoms with E-state index < -0.39 is 0 Å². The maximum absolute atomic E-state index is 5.22. The zero-order chi connectivity index (χ0) is 14.7. The molecule has 0 aliphatic rings. The predicted molar refractivity (Wildman–Crippen MR) is 88.2 cm³/mol. The highest BCUT2D eigenvalue weighted by Crippen LogP contribution is 2.36. The Labute approximate surface area is 127 Å². The average molecular weight is 299 g/mol. The zero-order valence-electron chi connectivity index (χ0n) is 12.1. The predicted octanol–water partition coefficient (Wildman–Crippen LogP) is 4.19. The van der Waals surface area contributed by atoms with Crippen LogP contribution in [0.4, 0.5) is 5.82 Å². The number of anilines is 1. The van der Waals surface area contributed by atoms with Crippen molar-refractivity contribution in [2.75, 3.05) is 19.0 Å². The number of ether oxygens (including phenoxy) is 1. The van der Waals surface area contributed by atoms with Crippen LogP contribution in [0.25, 0.3) is 21.3 Å². The summed E-state index contributed by atoms with van der Waals surface area (Å²) in [7, 11) is 1.68. The largest absolute Gasteiger partial charge is 0.497 e. The van der Waals surface area contributed by atoms with Crippen LogP contribution in [-0.2, 0) is 0 Å². The highest BCUT2D eigenvalue weighted by atomic mass is 32.1. The third-order valence-corrected chi connectivity index (χ3v) is 4.20. The first-order valence-electron chi connectivity index (χ1n) is 6.94. The van der Waals surface area contributed by atoms with Gasteiger partial charge >= 0.3 is 0 Å². The minimum atomic E-state index is 0.860. The van der Waals surface area contributed by atoms with E-state index in [1.54, 1.807) is 24.8 Å². The van der Waals surface area contributed by atoms with Crippen molar-refractivity contribution >= 4 is 27.4 Å². The summed E-state index contributed by atoms with van der Waals surface area (Å²) in [5.74, 6) is 1.77. The second-order valence-electron chi connectivity index (χ2n) is 4.71. The van der Waals surface area contributed by atoms with E-state index in [1.165, 1.54) is 0 Å². The van der Waals surface area contributed by atoms with Crippen LogP contribution in [0.1, 0.15) is 13.3 Å². The molecule has 4 nitrogen and oxygen atoms in total. The smallest absolute Gasteiger partial charge is 0.138 e. The first-order valence-corrected chi connectivity index (χ1v) is 7.82. The molecule has 0 amide bonds. The lowest BCUT2D eigenvalue weighted by molar-refractivity contribution is 0.415. The normalized spacial score (nSPS) is 10.8. The minimum Gasteiger partial charge on any atom is -0.497 e. The first kappa shape index (κ1) is 13.8. The lowest BCUT2D eigenvalue weighted by atomic mass is 10.1. The summed E-state index contributed by atoms with van der Waals surface area (Å²) in [6.07, 6.45) is 2.68. The molecule has 21 heavy (non-hydrogen) atoms. The number of benzene rings is 1. The van der Waals surface area contributed by atoms with Gasteiger partial charge < -0.3 is 10.1 Å². The van der Waals surface area contributed by atoms with E-state index in [2.05, 4.69) is 39.7 Å². The number of rotatable bonds is 5. The lowest BCUT2D eigenvalue weighted by Gasteiger charge is -2.07. The number of fused-ring (bicyclic) bond motifs is 1. The number of nitrogens with one attached hydrogen (secondary N) is 1. The van der Waals surface area contributed by atoms with Gasteiger partial charge in [-0.15, -0.1) is 11.3 Å². The number of aromatic nitrogens is 2. The summed E-state index contributed by atoms with van der Waals surface area (Å²) in [5, 5.41) is 6.62. The lowest BCUT2D eigenvalue weighted by Crippen LogP contribution is -2.02. The molecule has 0 atom stereocenters. The fourth-order valence-electron chi connectivity index (χ4n) is 2.24. The Bertz CT molecular complexity index is 737. The molecule has 3 aromatic rings. The second-order valence-corrected chi connectivity index (χ2v) is 5.57. The highest BCUT2D eigenvalue weighted by molar-refractivity contribution is 7.17. The molecule has 0 saturated heterocycles. The Morgan fingerprint density at radius 2 is 2.00 bits per heavy atom. The van der Waals surface area contributed by atoms with Crippen LogP contribution in [0, 0.1) is 0 Å². The number of thiophene rings is 1. The van der Waals surface area contributed by atoms with E-state index in [0.717, 1.165) is 45.9 Å². The summed E-state index contributed by atoms with van der Waals surface area (Å²) >= 11 is 1.64. The molecule has 0 fully saturated rings. The number of nitrogens with zero attached hydrogens (tertiary/aromatic N) is 2. The van der Waals surface area contributed by atoms with Gasteiger partial charge in [0.1, 0.15) is 22.7 Å². The number of methoxy groups -OCH3 is 1. The molecule has 0 spiro atoms. The third kappa shape index (κ3) is 2.69. The Morgan fingerprint density at radius 3 is 2.71 bits per heavy atom. The number of hydrogen-bond donors (Lipinski definition) is 1. The Kier molecular flexibility index (Phi) is 4.01. The topological polar surface area (TPSA) is 47.0 Å². The van der Waals surface area contributed by atoms with Crippen molar-refractivity contribution in [1.82, 2.24) is 9.97 Å². The van der Waals surface area contributed by atoms with Gasteiger partial charge in [-0.2, -0.15) is 0 Å². The Hall–Kier alpha value is -2.14. The van der Waals surface area contributed by atoms with Crippen molar-refractivity contribution in [3.8, 4) is 16.9 Å². The van der Waals surface area contributed by atoms with Crippen LogP contribution in [0.3, 0.4) is 0 Å². The van der Waals surface area contributed by atoms with Crippen LogP contribution in [-0.4, -0.2) is 23.6 Å². The summed E-state index contributed by atoms with van der Waals surface area (Å²) in [4.78, 5) is 9.78. The monoisotopic (exact) mass is 299 g/mol. The summed E-state index contributed by atoms with van der Waals surface area (Å²) < 4.78 is 5.22. The van der Waals surface area contributed by atoms with Gasteiger partial charge in [0.05, 0.1) is 12.5 Å². The summed E-state index contributed by atoms with van der Waals surface area (Å²) in [6.45, 7) is 3.05. The molecular weight excluding hydrogens is 282 g/mol. The van der Waals surface area contributed by atoms with E-state index in [9.17, 15) is 0 Å². The first-order chi connectivity index (χ1) is 10.3. The van der Waals surface area contributed by atoms with Crippen LogP contribution in [0.2, 0.25) is 0 Å². The molecule has 0 radical (unpaired) electrons. The highest BCUT2D eigenvalue weighted by Gasteiger charge is 2.12.